The first kappa shape index (κ1) is 17.4. The van der Waals surface area contributed by atoms with Crippen molar-refractivity contribution in [2.45, 2.75) is 76.8 Å². The van der Waals surface area contributed by atoms with Gasteiger partial charge in [0, 0.05) is 12.5 Å². The number of nitrogens with one attached hydrogen (secondary N) is 1. The van der Waals surface area contributed by atoms with Gasteiger partial charge in [0.25, 0.3) is 0 Å². The van der Waals surface area contributed by atoms with Crippen molar-refractivity contribution >= 4 is 5.91 Å². The fourth-order valence-corrected chi connectivity index (χ4v) is 4.05. The van der Waals surface area contributed by atoms with Gasteiger partial charge in [-0.3, -0.25) is 4.79 Å². The summed E-state index contributed by atoms with van der Waals surface area (Å²) in [5.74, 6) is 1.02. The highest BCUT2D eigenvalue weighted by Gasteiger charge is 2.23. The summed E-state index contributed by atoms with van der Waals surface area (Å²) in [7, 11) is 0. The first-order valence-electron chi connectivity index (χ1n) is 9.65. The molecular weight excluding hydrogens is 302 g/mol. The lowest BCUT2D eigenvalue weighted by molar-refractivity contribution is -0.122. The minimum absolute atomic E-state index is 0.0735. The van der Waals surface area contributed by atoms with E-state index in [0.29, 0.717) is 12.5 Å². The van der Waals surface area contributed by atoms with E-state index >= 15 is 0 Å². The summed E-state index contributed by atoms with van der Waals surface area (Å²) < 4.78 is 2.17. The van der Waals surface area contributed by atoms with Crippen LogP contribution in [0.25, 0.3) is 0 Å². The lowest BCUT2D eigenvalue weighted by Crippen LogP contribution is -2.32. The molecule has 1 aliphatic carbocycles. The fraction of sp³-hybridized carbons (Fsp3) is 0.833. The van der Waals surface area contributed by atoms with Gasteiger partial charge in [0.05, 0.1) is 6.04 Å². The molecule has 1 atom stereocenters. The summed E-state index contributed by atoms with van der Waals surface area (Å²) in [4.78, 5) is 14.7. The Morgan fingerprint density at radius 3 is 2.75 bits per heavy atom. The van der Waals surface area contributed by atoms with Gasteiger partial charge in [0.2, 0.25) is 5.91 Å². The Balaban J connectivity index is 1.43. The van der Waals surface area contributed by atoms with Crippen molar-refractivity contribution in [2.75, 3.05) is 19.6 Å². The molecule has 1 amide bonds. The molecule has 0 radical (unpaired) electrons. The van der Waals surface area contributed by atoms with Gasteiger partial charge in [-0.15, -0.1) is 10.2 Å². The number of hydrogen-bond donors (Lipinski definition) is 1. The zero-order valence-corrected chi connectivity index (χ0v) is 14.9. The quantitative estimate of drug-likeness (QED) is 0.833. The Labute approximate surface area is 145 Å². The number of amides is 1. The van der Waals surface area contributed by atoms with Crippen LogP contribution in [0.2, 0.25) is 0 Å². The van der Waals surface area contributed by atoms with Crippen molar-refractivity contribution in [3.63, 3.8) is 0 Å². The van der Waals surface area contributed by atoms with Crippen molar-refractivity contribution in [3.05, 3.63) is 12.2 Å². The third-order valence-corrected chi connectivity index (χ3v) is 5.41. The zero-order chi connectivity index (χ0) is 16.8. The Bertz CT molecular complexity index is 517. The van der Waals surface area contributed by atoms with E-state index in [-0.39, 0.29) is 11.9 Å². The number of aromatic nitrogens is 3. The van der Waals surface area contributed by atoms with Crippen molar-refractivity contribution in [3.8, 4) is 0 Å². The van der Waals surface area contributed by atoms with Gasteiger partial charge in [0.15, 0.2) is 5.82 Å². The van der Waals surface area contributed by atoms with Crippen LogP contribution < -0.4 is 5.32 Å². The second-order valence-corrected chi connectivity index (χ2v) is 7.33. The monoisotopic (exact) mass is 333 g/mol. The Kier molecular flexibility index (Phi) is 6.24. The van der Waals surface area contributed by atoms with Gasteiger partial charge >= 0.3 is 0 Å². The second-order valence-electron chi connectivity index (χ2n) is 7.33. The predicted octanol–water partition coefficient (Wildman–Crippen LogP) is 2.84. The summed E-state index contributed by atoms with van der Waals surface area (Å²) in [6.45, 7) is 5.45. The van der Waals surface area contributed by atoms with Crippen molar-refractivity contribution in [1.29, 1.82) is 0 Å². The van der Waals surface area contributed by atoms with Gasteiger partial charge in [-0.05, 0) is 58.7 Å². The van der Waals surface area contributed by atoms with E-state index in [9.17, 15) is 4.79 Å². The number of carbonyl (C=O) groups excluding carboxylic acids is 1. The minimum atomic E-state index is -0.0735. The predicted molar refractivity (Wildman–Crippen MR) is 93.6 cm³/mol. The number of rotatable bonds is 7. The normalized spacial score (nSPS) is 21.0. The van der Waals surface area contributed by atoms with Crippen LogP contribution >= 0.6 is 0 Å². The van der Waals surface area contributed by atoms with Gasteiger partial charge in [-0.1, -0.05) is 19.3 Å². The van der Waals surface area contributed by atoms with E-state index in [1.807, 2.05) is 13.3 Å². The average Bonchev–Trinajstić information content (AvgIpc) is 3.27. The van der Waals surface area contributed by atoms with Crippen LogP contribution in [0.5, 0.6) is 0 Å². The van der Waals surface area contributed by atoms with Crippen LogP contribution in [0.3, 0.4) is 0 Å². The smallest absolute Gasteiger partial charge is 0.220 e. The molecule has 3 rings (SSSR count). The molecule has 0 bridgehead atoms. The molecule has 6 heteroatoms. The van der Waals surface area contributed by atoms with Gasteiger partial charge in [-0.2, -0.15) is 0 Å². The molecule has 1 aliphatic heterocycles. The highest BCUT2D eigenvalue weighted by molar-refractivity contribution is 5.76. The van der Waals surface area contributed by atoms with Gasteiger partial charge in [0.1, 0.15) is 6.33 Å². The Morgan fingerprint density at radius 2 is 2.00 bits per heavy atom. The zero-order valence-electron chi connectivity index (χ0n) is 14.9. The third kappa shape index (κ3) is 4.56. The molecule has 134 valence electrons. The third-order valence-electron chi connectivity index (χ3n) is 5.41. The summed E-state index contributed by atoms with van der Waals surface area (Å²) in [6.07, 6.45) is 12.3. The summed E-state index contributed by atoms with van der Waals surface area (Å²) in [5.41, 5.74) is 0. The summed E-state index contributed by atoms with van der Waals surface area (Å²) in [5, 5.41) is 11.4. The van der Waals surface area contributed by atoms with E-state index in [0.717, 1.165) is 18.8 Å². The summed E-state index contributed by atoms with van der Waals surface area (Å²) in [6, 6.07) is 0.434. The minimum Gasteiger partial charge on any atom is -0.346 e. The molecule has 2 fully saturated rings. The molecular formula is C18H31N5O. The SMILES string of the molecule is C[C@@H](NC(=O)CCCN1CCCCC1)c1nncn1C1CCCC1. The maximum absolute atomic E-state index is 12.2. The molecule has 0 unspecified atom stereocenters. The average molecular weight is 333 g/mol. The van der Waals surface area contributed by atoms with E-state index in [4.69, 9.17) is 0 Å². The highest BCUT2D eigenvalue weighted by Crippen LogP contribution is 2.31. The van der Waals surface area contributed by atoms with Crippen LogP contribution in [-0.2, 0) is 4.79 Å². The number of nitrogens with zero attached hydrogens (tertiary/aromatic N) is 4. The molecule has 1 saturated heterocycles. The summed E-state index contributed by atoms with van der Waals surface area (Å²) >= 11 is 0. The lowest BCUT2D eigenvalue weighted by atomic mass is 10.1. The molecule has 1 aromatic heterocycles. The molecule has 1 N–H and O–H groups in total. The molecule has 6 nitrogen and oxygen atoms in total. The van der Waals surface area contributed by atoms with Crippen molar-refractivity contribution < 1.29 is 4.79 Å². The lowest BCUT2D eigenvalue weighted by Gasteiger charge is -2.26. The number of likely N-dealkylation sites (tertiary alicyclic amines) is 1. The van der Waals surface area contributed by atoms with E-state index < -0.39 is 0 Å². The van der Waals surface area contributed by atoms with Crippen LogP contribution in [0.15, 0.2) is 6.33 Å². The largest absolute Gasteiger partial charge is 0.346 e. The molecule has 1 saturated carbocycles. The number of piperidine rings is 1. The first-order valence-corrected chi connectivity index (χ1v) is 9.65. The maximum atomic E-state index is 12.2. The van der Waals surface area contributed by atoms with Gasteiger partial charge < -0.3 is 14.8 Å². The van der Waals surface area contributed by atoms with Crippen LogP contribution in [0, 0.1) is 0 Å². The standard InChI is InChI=1S/C18H31N5O/c1-15(18-21-19-14-23(18)16-8-3-4-9-16)20-17(24)10-7-13-22-11-5-2-6-12-22/h14-16H,2-13H2,1H3,(H,20,24)/t15-/m1/s1. The van der Waals surface area contributed by atoms with E-state index in [2.05, 4.69) is 25.0 Å². The molecule has 2 aliphatic rings. The molecule has 0 aromatic carbocycles. The maximum Gasteiger partial charge on any atom is 0.220 e. The van der Waals surface area contributed by atoms with E-state index in [1.165, 1.54) is 58.0 Å². The Morgan fingerprint density at radius 1 is 1.25 bits per heavy atom. The Hall–Kier alpha value is -1.43. The fourth-order valence-electron chi connectivity index (χ4n) is 4.05. The topological polar surface area (TPSA) is 63.1 Å². The molecule has 2 heterocycles. The number of hydrogen-bond acceptors (Lipinski definition) is 4. The van der Waals surface area contributed by atoms with Crippen LogP contribution in [0.1, 0.15) is 82.6 Å². The van der Waals surface area contributed by atoms with Crippen LogP contribution in [0.4, 0.5) is 0 Å². The van der Waals surface area contributed by atoms with Crippen molar-refractivity contribution in [2.24, 2.45) is 0 Å². The molecule has 24 heavy (non-hydrogen) atoms. The second kappa shape index (κ2) is 8.60. The molecule has 0 spiro atoms. The van der Waals surface area contributed by atoms with E-state index in [1.54, 1.807) is 0 Å². The van der Waals surface area contributed by atoms with Crippen LogP contribution in [-0.4, -0.2) is 45.2 Å². The number of carbonyl (C=O) groups is 1. The van der Waals surface area contributed by atoms with Crippen molar-refractivity contribution in [1.82, 2.24) is 25.0 Å². The molecule has 1 aromatic rings. The first-order chi connectivity index (χ1) is 11.7. The highest BCUT2D eigenvalue weighted by atomic mass is 16.1. The van der Waals surface area contributed by atoms with Gasteiger partial charge in [-0.25, -0.2) is 0 Å².